The second-order valence-electron chi connectivity index (χ2n) is 15.0. The molecule has 11 rings (SSSR count). The fraction of sp³-hybridized carbons (Fsp3) is 0.0455. The minimum atomic E-state index is -4.59. The van der Waals surface area contributed by atoms with Crippen molar-refractivity contribution in [3.8, 4) is 11.4 Å². The predicted molar refractivity (Wildman–Crippen MR) is 232 cm³/mol. The Kier molecular flexibility index (Phi) is 7.79. The first-order chi connectivity index (χ1) is 29.7. The third-order valence-corrected chi connectivity index (χ3v) is 12.9. The van der Waals surface area contributed by atoms with E-state index in [-0.39, 0.29) is 38.2 Å². The van der Waals surface area contributed by atoms with Crippen LogP contribution in [0, 0.1) is 0 Å². The molecule has 0 bridgehead atoms. The van der Waals surface area contributed by atoms with E-state index in [1.807, 2.05) is 50.5 Å². The van der Waals surface area contributed by atoms with Gasteiger partial charge in [-0.3, -0.25) is 18.7 Å². The van der Waals surface area contributed by atoms with Crippen molar-refractivity contribution < 1.29 is 35.5 Å². The van der Waals surface area contributed by atoms with E-state index < -0.39 is 20.2 Å². The summed E-state index contributed by atoms with van der Waals surface area (Å²) in [4.78, 5) is 29.1. The lowest BCUT2D eigenvalue weighted by molar-refractivity contribution is 0.100. The molecule has 18 heteroatoms. The van der Waals surface area contributed by atoms with Crippen molar-refractivity contribution in [2.24, 2.45) is 10.2 Å². The average molecular weight is 863 g/mol. The van der Waals surface area contributed by atoms with Gasteiger partial charge in [0.2, 0.25) is 0 Å². The highest BCUT2D eigenvalue weighted by atomic mass is 32.2. The molecule has 0 amide bonds. The van der Waals surface area contributed by atoms with Crippen molar-refractivity contribution in [1.29, 1.82) is 0 Å². The van der Waals surface area contributed by atoms with Gasteiger partial charge in [0.1, 0.15) is 27.0 Å². The third-order valence-electron chi connectivity index (χ3n) is 11.2. The lowest BCUT2D eigenvalue weighted by atomic mass is 10.0. The largest absolute Gasteiger partial charge is 0.295 e. The van der Waals surface area contributed by atoms with Gasteiger partial charge in [0, 0.05) is 21.9 Å². The van der Waals surface area contributed by atoms with Crippen LogP contribution in [-0.2, 0) is 20.2 Å². The molecule has 7 aromatic carbocycles. The maximum absolute atomic E-state index is 13.0. The van der Waals surface area contributed by atoms with E-state index in [1.165, 1.54) is 38.1 Å². The first kappa shape index (κ1) is 37.4. The Balaban J connectivity index is 0.865. The van der Waals surface area contributed by atoms with E-state index in [0.29, 0.717) is 33.6 Å². The van der Waals surface area contributed by atoms with E-state index >= 15 is 0 Å². The summed E-state index contributed by atoms with van der Waals surface area (Å²) in [5.74, 6) is -0.578. The van der Waals surface area contributed by atoms with Crippen LogP contribution in [0.3, 0.4) is 0 Å². The van der Waals surface area contributed by atoms with Crippen molar-refractivity contribution in [2.45, 2.75) is 23.6 Å². The molecule has 4 aromatic heterocycles. The SMILES string of the molecule is CC(=O)c1cc(-n2n3c4ccc5cc(S(=O)(=O)O)ccc5c4n23)c(C(C)=O)cc1N=Nc1ccc(C=Cc2ccc(-n3n4c5ccc6ccccc6c5n34)cc2S(=O)(=O)O)cc1. The number of Topliss-reactive ketones (excluding diaryl/α,β-unsaturated/α-hetero) is 2. The zero-order chi connectivity index (χ0) is 43.0. The molecule has 11 aromatic rings. The van der Waals surface area contributed by atoms with Crippen molar-refractivity contribution in [3.05, 3.63) is 144 Å². The Bertz CT molecular complexity index is 3990. The van der Waals surface area contributed by atoms with E-state index in [0.717, 1.165) is 38.2 Å². The highest BCUT2D eigenvalue weighted by Gasteiger charge is 2.30. The number of benzene rings is 7. The number of carbonyl (C=O) groups excluding carboxylic acids is 2. The van der Waals surface area contributed by atoms with Crippen molar-refractivity contribution >= 4 is 98.9 Å². The van der Waals surface area contributed by atoms with Crippen LogP contribution in [0.2, 0.25) is 0 Å². The molecule has 0 aliphatic carbocycles. The van der Waals surface area contributed by atoms with Crippen LogP contribution >= 0.6 is 0 Å². The average Bonchev–Trinajstić information content (AvgIpc) is 4.10. The lowest BCUT2D eigenvalue weighted by Crippen LogP contribution is -2.04. The minimum Gasteiger partial charge on any atom is -0.294 e. The van der Waals surface area contributed by atoms with Gasteiger partial charge in [-0.1, -0.05) is 72.8 Å². The Labute approximate surface area is 350 Å². The molecular weight excluding hydrogens is 833 g/mol. The number of hydrogen-bond acceptors (Lipinski definition) is 8. The summed E-state index contributed by atoms with van der Waals surface area (Å²) < 4.78 is 75.8. The van der Waals surface area contributed by atoms with E-state index in [2.05, 4.69) is 10.2 Å². The molecule has 62 heavy (non-hydrogen) atoms. The quantitative estimate of drug-likeness (QED) is 0.0588. The standard InChI is InChI=1S/C44H30N8O8S2/c1-25(53)36-24-41(50-49-40-20-13-30-21-33(61(55,56)57)17-18-35(30)44(40)52(49)50)37(26(2)54)23-38(36)46-45-31-14-8-27(9-15-31)7-10-29-11-16-32(22-42(29)62(58,59)60)47-48-39-19-12-28-5-3-4-6-34(28)43(39)51(47)48/h3-24H,1-2H3,(H,55,56,57)(H,58,59,60). The lowest BCUT2D eigenvalue weighted by Gasteiger charge is -2.08. The maximum atomic E-state index is 13.0. The van der Waals surface area contributed by atoms with Gasteiger partial charge in [0.15, 0.2) is 11.6 Å². The Morgan fingerprint density at radius 2 is 1.24 bits per heavy atom. The molecular formula is C44H30N8O8S2. The molecule has 0 saturated heterocycles. The van der Waals surface area contributed by atoms with Gasteiger partial charge >= 0.3 is 0 Å². The van der Waals surface area contributed by atoms with Crippen LogP contribution < -0.4 is 0 Å². The summed E-state index contributed by atoms with van der Waals surface area (Å²) in [7, 11) is -8.99. The summed E-state index contributed by atoms with van der Waals surface area (Å²) >= 11 is 0. The Morgan fingerprint density at radius 1 is 0.581 bits per heavy atom. The molecule has 2 N–H and O–H groups in total. The number of fused-ring (bicyclic) bond motifs is 12. The van der Waals surface area contributed by atoms with Gasteiger partial charge in [-0.05, 0) is 96.4 Å². The van der Waals surface area contributed by atoms with Crippen LogP contribution in [0.1, 0.15) is 45.7 Å². The molecule has 0 aliphatic heterocycles. The third kappa shape index (κ3) is 5.72. The number of hydrogen-bond donors (Lipinski definition) is 2. The van der Waals surface area contributed by atoms with Crippen LogP contribution in [0.5, 0.6) is 0 Å². The van der Waals surface area contributed by atoms with Gasteiger partial charge in [-0.25, -0.2) is 0 Å². The molecule has 0 aliphatic rings. The number of carbonyl (C=O) groups is 2. The van der Waals surface area contributed by atoms with Crippen molar-refractivity contribution in [3.63, 3.8) is 0 Å². The van der Waals surface area contributed by atoms with Crippen LogP contribution in [-0.4, -0.2) is 65.6 Å². The number of ketones is 2. The molecule has 0 spiro atoms. The zero-order valence-corrected chi connectivity index (χ0v) is 34.1. The van der Waals surface area contributed by atoms with Gasteiger partial charge in [0.05, 0.1) is 27.6 Å². The highest BCUT2D eigenvalue weighted by molar-refractivity contribution is 7.86. The fourth-order valence-electron chi connectivity index (χ4n) is 8.15. The number of rotatable bonds is 10. The summed E-state index contributed by atoms with van der Waals surface area (Å²) in [6.45, 7) is 2.80. The fourth-order valence-corrected chi connectivity index (χ4v) is 9.37. The summed E-state index contributed by atoms with van der Waals surface area (Å²) in [5, 5.41) is 12.2. The molecule has 306 valence electrons. The zero-order valence-electron chi connectivity index (χ0n) is 32.4. The second-order valence-corrected chi connectivity index (χ2v) is 17.8. The predicted octanol–water partition coefficient (Wildman–Crippen LogP) is 8.95. The smallest absolute Gasteiger partial charge is 0.294 e. The van der Waals surface area contributed by atoms with Gasteiger partial charge < -0.3 is 0 Å². The number of nitrogens with zero attached hydrogens (tertiary/aromatic N) is 8. The first-order valence-corrected chi connectivity index (χ1v) is 21.9. The summed E-state index contributed by atoms with van der Waals surface area (Å²) in [6, 6.07) is 34.8. The number of aromatic nitrogens is 6. The molecule has 0 saturated carbocycles. The summed E-state index contributed by atoms with van der Waals surface area (Å²) in [6.07, 6.45) is 3.31. The first-order valence-electron chi connectivity index (χ1n) is 19.0. The Morgan fingerprint density at radius 3 is 1.94 bits per heavy atom. The van der Waals surface area contributed by atoms with Crippen molar-refractivity contribution in [2.75, 3.05) is 0 Å². The molecule has 0 radical (unpaired) electrons. The van der Waals surface area contributed by atoms with E-state index in [9.17, 15) is 35.5 Å². The normalized spacial score (nSPS) is 13.1. The van der Waals surface area contributed by atoms with Gasteiger partial charge in [0.25, 0.3) is 20.2 Å². The van der Waals surface area contributed by atoms with Crippen LogP contribution in [0.15, 0.2) is 141 Å². The molecule has 0 unspecified atom stereocenters. The van der Waals surface area contributed by atoms with Crippen LogP contribution in [0.4, 0.5) is 11.4 Å². The topological polar surface area (TPSA) is 195 Å². The van der Waals surface area contributed by atoms with Gasteiger partial charge in [-0.15, -0.1) is 28.4 Å². The summed E-state index contributed by atoms with van der Waals surface area (Å²) in [5.41, 5.74) is 6.72. The number of azo groups is 1. The molecule has 16 nitrogen and oxygen atoms in total. The molecule has 4 heterocycles. The van der Waals surface area contributed by atoms with Crippen LogP contribution in [0.25, 0.3) is 67.1 Å². The monoisotopic (exact) mass is 862 g/mol. The van der Waals surface area contributed by atoms with Gasteiger partial charge in [-0.2, -0.15) is 26.7 Å². The Hall–Kier alpha value is -7.64. The molecule has 0 atom stereocenters. The molecule has 0 fully saturated rings. The minimum absolute atomic E-state index is 0.192. The maximum Gasteiger partial charge on any atom is 0.295 e. The van der Waals surface area contributed by atoms with E-state index in [1.54, 1.807) is 86.9 Å². The second kappa shape index (κ2) is 12.9. The van der Waals surface area contributed by atoms with E-state index in [4.69, 9.17) is 0 Å². The highest BCUT2D eigenvalue weighted by Crippen LogP contribution is 2.38. The van der Waals surface area contributed by atoms with Crippen molar-refractivity contribution in [1.82, 2.24) is 28.1 Å².